The summed E-state index contributed by atoms with van der Waals surface area (Å²) >= 11 is 0. The van der Waals surface area contributed by atoms with Crippen LogP contribution >= 0.6 is 0 Å². The highest BCUT2D eigenvalue weighted by atomic mass is 16.7. The van der Waals surface area contributed by atoms with Crippen LogP contribution in [0.15, 0.2) is 55.0 Å². The molecule has 1 aromatic carbocycles. The number of nitrogens with one attached hydrogen (secondary N) is 2. The third-order valence-corrected chi connectivity index (χ3v) is 6.62. The normalized spacial score (nSPS) is 16.8. The van der Waals surface area contributed by atoms with Crippen LogP contribution in [0.4, 0.5) is 16.3 Å². The van der Waals surface area contributed by atoms with E-state index in [1.165, 1.54) is 0 Å². The van der Waals surface area contributed by atoms with Crippen molar-refractivity contribution >= 4 is 36.5 Å². The van der Waals surface area contributed by atoms with Gasteiger partial charge in [0.15, 0.2) is 17.1 Å². The van der Waals surface area contributed by atoms with Crippen LogP contribution in [0.1, 0.15) is 30.0 Å². The van der Waals surface area contributed by atoms with Crippen molar-refractivity contribution in [1.29, 1.82) is 0 Å². The van der Waals surface area contributed by atoms with E-state index in [0.29, 0.717) is 36.8 Å². The summed E-state index contributed by atoms with van der Waals surface area (Å²) in [6.45, 7) is 2.12. The predicted octanol–water partition coefficient (Wildman–Crippen LogP) is 2.13. The summed E-state index contributed by atoms with van der Waals surface area (Å²) in [5.41, 5.74) is 4.55. The topological polar surface area (TPSA) is 106 Å². The van der Waals surface area contributed by atoms with E-state index in [9.17, 15) is 4.79 Å². The molecule has 11 heteroatoms. The van der Waals surface area contributed by atoms with Crippen LogP contribution in [0.3, 0.4) is 0 Å². The summed E-state index contributed by atoms with van der Waals surface area (Å²) in [7, 11) is 2.01. The zero-order chi connectivity index (χ0) is 24.5. The van der Waals surface area contributed by atoms with Gasteiger partial charge >= 0.3 is 6.03 Å². The molecule has 0 spiro atoms. The van der Waals surface area contributed by atoms with Gasteiger partial charge in [-0.1, -0.05) is 6.07 Å². The van der Waals surface area contributed by atoms with Gasteiger partial charge in [-0.2, -0.15) is 9.61 Å². The van der Waals surface area contributed by atoms with Gasteiger partial charge in [-0.25, -0.2) is 9.78 Å². The van der Waals surface area contributed by atoms with Crippen molar-refractivity contribution in [2.24, 2.45) is 0 Å². The molecule has 0 aliphatic carbocycles. The molecule has 6 rings (SSSR count). The molecule has 36 heavy (non-hydrogen) atoms. The van der Waals surface area contributed by atoms with Gasteiger partial charge in [0.1, 0.15) is 13.7 Å². The first-order valence-electron chi connectivity index (χ1n) is 12.1. The second-order valence-electron chi connectivity index (χ2n) is 9.13. The average Bonchev–Trinajstić information content (AvgIpc) is 3.54. The first kappa shape index (κ1) is 22.2. The number of carbonyl (C=O) groups excluding carboxylic acids is 1. The lowest BCUT2D eigenvalue weighted by atomic mass is 9.94. The van der Waals surface area contributed by atoms with Crippen molar-refractivity contribution in [3.8, 4) is 11.5 Å². The first-order chi connectivity index (χ1) is 17.6. The molecular formula is C25H26BN7O3. The number of likely N-dealkylation sites (tertiary alicyclic amines) is 1. The van der Waals surface area contributed by atoms with Crippen molar-refractivity contribution in [1.82, 2.24) is 24.5 Å². The van der Waals surface area contributed by atoms with E-state index in [2.05, 4.69) is 26.8 Å². The summed E-state index contributed by atoms with van der Waals surface area (Å²) in [4.78, 5) is 24.1. The Labute approximate surface area is 209 Å². The van der Waals surface area contributed by atoms with Crippen LogP contribution in [-0.4, -0.2) is 58.2 Å². The van der Waals surface area contributed by atoms with E-state index in [1.54, 1.807) is 12.3 Å². The summed E-state index contributed by atoms with van der Waals surface area (Å²) < 4.78 is 12.6. The Kier molecular flexibility index (Phi) is 5.80. The molecule has 2 aliphatic rings. The molecule has 0 bridgehead atoms. The monoisotopic (exact) mass is 483 g/mol. The molecule has 3 aromatic heterocycles. The predicted molar refractivity (Wildman–Crippen MR) is 138 cm³/mol. The number of pyridine rings is 1. The van der Waals surface area contributed by atoms with Crippen LogP contribution < -0.4 is 25.6 Å². The lowest BCUT2D eigenvalue weighted by Crippen LogP contribution is -2.41. The minimum atomic E-state index is -0.130. The Morgan fingerprint density at radius 3 is 2.97 bits per heavy atom. The first-order valence-corrected chi connectivity index (χ1v) is 12.1. The minimum absolute atomic E-state index is 0.125. The largest absolute Gasteiger partial charge is 0.454 e. The summed E-state index contributed by atoms with van der Waals surface area (Å²) in [5.74, 6) is 2.33. The molecule has 2 N–H and O–H groups in total. The van der Waals surface area contributed by atoms with Gasteiger partial charge in [0.05, 0.1) is 5.69 Å². The molecule has 2 aliphatic heterocycles. The van der Waals surface area contributed by atoms with Crippen LogP contribution in [0.25, 0.3) is 5.65 Å². The zero-order valence-corrected chi connectivity index (χ0v) is 20.0. The number of hydrogen-bond acceptors (Lipinski definition) is 7. The number of hydrogen-bond donors (Lipinski definition) is 2. The maximum atomic E-state index is 13.1. The second kappa shape index (κ2) is 9.41. The molecular weight excluding hydrogens is 457 g/mol. The summed E-state index contributed by atoms with van der Waals surface area (Å²) in [6, 6.07) is 11.3. The number of piperidine rings is 1. The lowest BCUT2D eigenvalue weighted by molar-refractivity contribution is 0.174. The van der Waals surface area contributed by atoms with Gasteiger partial charge in [0.2, 0.25) is 6.79 Å². The van der Waals surface area contributed by atoms with E-state index < -0.39 is 0 Å². The van der Waals surface area contributed by atoms with Gasteiger partial charge < -0.3 is 25.0 Å². The molecule has 1 unspecified atom stereocenters. The Bertz CT molecular complexity index is 1410. The van der Waals surface area contributed by atoms with Gasteiger partial charge in [0.25, 0.3) is 0 Å². The number of benzene rings is 1. The molecule has 4 aromatic rings. The number of carbonyl (C=O) groups is 1. The highest BCUT2D eigenvalue weighted by Crippen LogP contribution is 2.34. The van der Waals surface area contributed by atoms with E-state index >= 15 is 0 Å². The average molecular weight is 483 g/mol. The number of anilines is 2. The van der Waals surface area contributed by atoms with Crippen molar-refractivity contribution in [2.45, 2.75) is 25.3 Å². The molecule has 10 nitrogen and oxygen atoms in total. The third kappa shape index (κ3) is 4.39. The number of urea groups is 1. The highest BCUT2D eigenvalue weighted by molar-refractivity contribution is 6.36. The molecule has 5 heterocycles. The van der Waals surface area contributed by atoms with E-state index in [1.807, 2.05) is 53.9 Å². The molecule has 1 fully saturated rings. The number of aromatic nitrogens is 4. The standard InChI is InChI=1S/C25H26BN7O3/c26-19-13-29-33-23(28-12-16-3-1-7-27-11-16)10-20(31-24(19)33)17-4-2-8-32(14-17)25(34)30-18-5-6-21-22(9-18)36-15-35-21/h1,3,5-7,9-11,13,17,28H,2,4,8,12,14-15,26H2,(H,30,34). The van der Waals surface area contributed by atoms with E-state index in [-0.39, 0.29) is 18.7 Å². The van der Waals surface area contributed by atoms with E-state index in [4.69, 9.17) is 14.5 Å². The zero-order valence-electron chi connectivity index (χ0n) is 20.0. The van der Waals surface area contributed by atoms with Crippen LogP contribution in [0.2, 0.25) is 0 Å². The molecule has 1 atom stereocenters. The lowest BCUT2D eigenvalue weighted by Gasteiger charge is -2.32. The number of rotatable bonds is 5. The summed E-state index contributed by atoms with van der Waals surface area (Å²) in [6.07, 6.45) is 7.31. The van der Waals surface area contributed by atoms with Gasteiger partial charge in [-0.15, -0.1) is 0 Å². The molecule has 1 saturated heterocycles. The quantitative estimate of drug-likeness (QED) is 0.419. The van der Waals surface area contributed by atoms with Crippen molar-refractivity contribution < 1.29 is 14.3 Å². The molecule has 2 amide bonds. The van der Waals surface area contributed by atoms with Crippen molar-refractivity contribution in [3.63, 3.8) is 0 Å². The van der Waals surface area contributed by atoms with Gasteiger partial charge in [-0.05, 0) is 42.1 Å². The van der Waals surface area contributed by atoms with Crippen molar-refractivity contribution in [3.05, 3.63) is 66.2 Å². The minimum Gasteiger partial charge on any atom is -0.454 e. The molecule has 182 valence electrons. The second-order valence-corrected chi connectivity index (χ2v) is 9.13. The molecule has 0 saturated carbocycles. The van der Waals surface area contributed by atoms with Crippen LogP contribution in [-0.2, 0) is 6.54 Å². The van der Waals surface area contributed by atoms with E-state index in [0.717, 1.165) is 41.0 Å². The molecule has 0 radical (unpaired) electrons. The fraction of sp³-hybridized carbons (Fsp3) is 0.280. The maximum Gasteiger partial charge on any atom is 0.321 e. The SMILES string of the molecule is Bc1cnn2c(NCc3cccnc3)cc(C3CCCN(C(=O)Nc4ccc5c(c4)OCO5)C3)nc12. The Hall–Kier alpha value is -4.28. The van der Waals surface area contributed by atoms with Crippen LogP contribution in [0, 0.1) is 0 Å². The maximum absolute atomic E-state index is 13.1. The fourth-order valence-corrected chi connectivity index (χ4v) is 4.70. The van der Waals surface area contributed by atoms with Crippen LogP contribution in [0.5, 0.6) is 11.5 Å². The summed E-state index contributed by atoms with van der Waals surface area (Å²) in [5, 5.41) is 11.0. The Morgan fingerprint density at radius 1 is 1.17 bits per heavy atom. The Morgan fingerprint density at radius 2 is 2.08 bits per heavy atom. The van der Waals surface area contributed by atoms with Gasteiger partial charge in [-0.3, -0.25) is 4.98 Å². The number of amides is 2. The smallest absolute Gasteiger partial charge is 0.321 e. The van der Waals surface area contributed by atoms with Gasteiger partial charge in [0, 0.05) is 62.0 Å². The number of ether oxygens (including phenoxy) is 2. The Balaban J connectivity index is 1.20. The van der Waals surface area contributed by atoms with Crippen molar-refractivity contribution in [2.75, 3.05) is 30.5 Å². The number of nitrogens with zero attached hydrogens (tertiary/aromatic N) is 5. The highest BCUT2D eigenvalue weighted by Gasteiger charge is 2.27. The third-order valence-electron chi connectivity index (χ3n) is 6.62. The fourth-order valence-electron chi connectivity index (χ4n) is 4.70. The number of fused-ring (bicyclic) bond motifs is 2.